The molecule has 88 valence electrons. The van der Waals surface area contributed by atoms with Gasteiger partial charge in [-0.3, -0.25) is 0 Å². The molecule has 1 aromatic heterocycles. The zero-order valence-corrected chi connectivity index (χ0v) is 9.86. The molecule has 4 nitrogen and oxygen atoms in total. The fourth-order valence-electron chi connectivity index (χ4n) is 2.30. The Balaban J connectivity index is 2.32. The molecule has 0 aliphatic heterocycles. The first kappa shape index (κ1) is 11.4. The molecule has 16 heavy (non-hydrogen) atoms. The van der Waals surface area contributed by atoms with Gasteiger partial charge in [0.1, 0.15) is 5.82 Å². The van der Waals surface area contributed by atoms with E-state index in [4.69, 9.17) is 16.2 Å². The highest BCUT2D eigenvalue weighted by Crippen LogP contribution is 2.44. The number of nitrogens with zero attached hydrogens (tertiary/aromatic N) is 1. The van der Waals surface area contributed by atoms with Gasteiger partial charge in [-0.25, -0.2) is 4.98 Å². The average molecular weight is 221 g/mol. The maximum absolute atomic E-state index is 6.27. The van der Waals surface area contributed by atoms with Crippen molar-refractivity contribution in [1.82, 2.24) is 4.98 Å². The first-order chi connectivity index (χ1) is 7.59. The van der Waals surface area contributed by atoms with Crippen LogP contribution in [0.25, 0.3) is 0 Å². The Labute approximate surface area is 96.0 Å². The van der Waals surface area contributed by atoms with Gasteiger partial charge in [0, 0.05) is 18.9 Å². The number of aromatic nitrogens is 1. The smallest absolute Gasteiger partial charge is 0.128 e. The Morgan fingerprint density at radius 3 is 2.69 bits per heavy atom. The van der Waals surface area contributed by atoms with E-state index in [-0.39, 0.29) is 11.6 Å². The molecule has 1 aliphatic rings. The quantitative estimate of drug-likeness (QED) is 0.812. The van der Waals surface area contributed by atoms with Crippen LogP contribution in [0, 0.1) is 6.92 Å². The molecule has 2 rings (SSSR count). The number of nitrogens with two attached hydrogens (primary N) is 2. The lowest BCUT2D eigenvalue weighted by atomic mass is 9.72. The third-order valence-corrected chi connectivity index (χ3v) is 3.59. The van der Waals surface area contributed by atoms with Crippen molar-refractivity contribution in [3.8, 4) is 0 Å². The third kappa shape index (κ3) is 1.68. The molecule has 4 N–H and O–H groups in total. The molecule has 1 atom stereocenters. The van der Waals surface area contributed by atoms with Crippen LogP contribution in [0.5, 0.6) is 0 Å². The number of pyridine rings is 1. The summed E-state index contributed by atoms with van der Waals surface area (Å²) in [4.78, 5) is 4.15. The molecule has 1 fully saturated rings. The summed E-state index contributed by atoms with van der Waals surface area (Å²) in [5.74, 6) is 0.515. The molecular weight excluding hydrogens is 202 g/mol. The molecule has 0 radical (unpaired) electrons. The molecule has 0 amide bonds. The van der Waals surface area contributed by atoms with E-state index < -0.39 is 0 Å². The summed E-state index contributed by atoms with van der Waals surface area (Å²) >= 11 is 0. The lowest BCUT2D eigenvalue weighted by Crippen LogP contribution is -2.48. The topological polar surface area (TPSA) is 74.2 Å². The Hall–Kier alpha value is -1.13. The molecule has 1 saturated carbocycles. The Morgan fingerprint density at radius 2 is 2.19 bits per heavy atom. The molecule has 0 saturated heterocycles. The first-order valence-electron chi connectivity index (χ1n) is 5.62. The normalized spacial score (nSPS) is 20.2. The maximum atomic E-state index is 6.27. The van der Waals surface area contributed by atoms with Crippen LogP contribution in [0.4, 0.5) is 5.82 Å². The van der Waals surface area contributed by atoms with Gasteiger partial charge in [-0.15, -0.1) is 0 Å². The second kappa shape index (κ2) is 4.03. The highest BCUT2D eigenvalue weighted by molar-refractivity contribution is 5.44. The predicted octanol–water partition coefficient (Wildman–Crippen LogP) is 1.54. The second-order valence-electron chi connectivity index (χ2n) is 4.59. The number of aryl methyl sites for hydroxylation is 1. The number of nitrogen functional groups attached to an aromatic ring is 1. The third-order valence-electron chi connectivity index (χ3n) is 3.59. The van der Waals surface area contributed by atoms with Crippen molar-refractivity contribution >= 4 is 5.82 Å². The lowest BCUT2D eigenvalue weighted by molar-refractivity contribution is -0.0910. The number of ether oxygens (including phenoxy) is 1. The largest absolute Gasteiger partial charge is 0.383 e. The summed E-state index contributed by atoms with van der Waals surface area (Å²) in [7, 11) is 1.72. The molecular formula is C12H19N3O. The minimum absolute atomic E-state index is 0.182. The van der Waals surface area contributed by atoms with Gasteiger partial charge in [-0.1, -0.05) is 0 Å². The average Bonchev–Trinajstić information content (AvgIpc) is 2.21. The zero-order valence-electron chi connectivity index (χ0n) is 9.86. The molecule has 0 spiro atoms. The van der Waals surface area contributed by atoms with Crippen molar-refractivity contribution in [2.75, 3.05) is 12.8 Å². The van der Waals surface area contributed by atoms with E-state index in [1.807, 2.05) is 13.0 Å². The number of hydrogen-bond donors (Lipinski definition) is 2. The van der Waals surface area contributed by atoms with E-state index in [2.05, 4.69) is 4.98 Å². The van der Waals surface area contributed by atoms with Gasteiger partial charge < -0.3 is 16.2 Å². The van der Waals surface area contributed by atoms with Gasteiger partial charge in [0.05, 0.1) is 11.6 Å². The molecule has 0 bridgehead atoms. The summed E-state index contributed by atoms with van der Waals surface area (Å²) in [6.07, 6.45) is 4.92. The Bertz CT molecular complexity index is 382. The van der Waals surface area contributed by atoms with Crippen molar-refractivity contribution in [2.45, 2.75) is 37.8 Å². The van der Waals surface area contributed by atoms with E-state index in [1.54, 1.807) is 13.3 Å². The minimum atomic E-state index is -0.233. The predicted molar refractivity (Wildman–Crippen MR) is 63.9 cm³/mol. The Morgan fingerprint density at radius 1 is 1.50 bits per heavy atom. The van der Waals surface area contributed by atoms with Gasteiger partial charge in [0.2, 0.25) is 0 Å². The van der Waals surface area contributed by atoms with Gasteiger partial charge in [0.25, 0.3) is 0 Å². The maximum Gasteiger partial charge on any atom is 0.128 e. The SMILES string of the molecule is COC1(C(N)c2cc(C)cnc2N)CCC1. The monoisotopic (exact) mass is 221 g/mol. The van der Waals surface area contributed by atoms with Crippen LogP contribution in [0.15, 0.2) is 12.3 Å². The second-order valence-corrected chi connectivity index (χ2v) is 4.59. The highest BCUT2D eigenvalue weighted by Gasteiger charge is 2.44. The standard InChI is InChI=1S/C12H19N3O/c1-8-6-9(11(14)15-7-8)10(13)12(16-2)4-3-5-12/h6-7,10H,3-5,13H2,1-2H3,(H2,14,15). The van der Waals surface area contributed by atoms with Crippen LogP contribution in [-0.4, -0.2) is 17.7 Å². The number of anilines is 1. The molecule has 4 heteroatoms. The van der Waals surface area contributed by atoms with Crippen molar-refractivity contribution in [1.29, 1.82) is 0 Å². The van der Waals surface area contributed by atoms with E-state index >= 15 is 0 Å². The molecule has 1 aliphatic carbocycles. The van der Waals surface area contributed by atoms with Crippen molar-refractivity contribution in [3.05, 3.63) is 23.4 Å². The zero-order chi connectivity index (χ0) is 11.8. The Kier molecular flexibility index (Phi) is 2.86. The van der Waals surface area contributed by atoms with E-state index in [0.29, 0.717) is 5.82 Å². The van der Waals surface area contributed by atoms with Gasteiger partial charge in [-0.05, 0) is 37.8 Å². The number of methoxy groups -OCH3 is 1. The van der Waals surface area contributed by atoms with Crippen LogP contribution in [0.3, 0.4) is 0 Å². The van der Waals surface area contributed by atoms with Crippen molar-refractivity contribution in [3.63, 3.8) is 0 Å². The summed E-state index contributed by atoms with van der Waals surface area (Å²) < 4.78 is 5.58. The summed E-state index contributed by atoms with van der Waals surface area (Å²) in [5, 5.41) is 0. The fourth-order valence-corrected chi connectivity index (χ4v) is 2.30. The highest BCUT2D eigenvalue weighted by atomic mass is 16.5. The summed E-state index contributed by atoms with van der Waals surface area (Å²) in [6, 6.07) is 1.82. The van der Waals surface area contributed by atoms with Crippen LogP contribution in [0.1, 0.15) is 36.4 Å². The molecule has 0 aromatic carbocycles. The molecule has 1 heterocycles. The molecule has 1 unspecified atom stereocenters. The van der Waals surface area contributed by atoms with Crippen molar-refractivity contribution in [2.24, 2.45) is 5.73 Å². The minimum Gasteiger partial charge on any atom is -0.383 e. The van der Waals surface area contributed by atoms with Crippen LogP contribution < -0.4 is 11.5 Å². The van der Waals surface area contributed by atoms with Gasteiger partial charge >= 0.3 is 0 Å². The lowest BCUT2D eigenvalue weighted by Gasteiger charge is -2.45. The number of hydrogen-bond acceptors (Lipinski definition) is 4. The van der Waals surface area contributed by atoms with Crippen LogP contribution in [-0.2, 0) is 4.74 Å². The van der Waals surface area contributed by atoms with E-state index in [9.17, 15) is 0 Å². The van der Waals surface area contributed by atoms with E-state index in [0.717, 1.165) is 24.0 Å². The summed E-state index contributed by atoms with van der Waals surface area (Å²) in [6.45, 7) is 1.99. The first-order valence-corrected chi connectivity index (χ1v) is 5.62. The van der Waals surface area contributed by atoms with Crippen molar-refractivity contribution < 1.29 is 4.74 Å². The van der Waals surface area contributed by atoms with Crippen LogP contribution in [0.2, 0.25) is 0 Å². The van der Waals surface area contributed by atoms with Gasteiger partial charge in [0.15, 0.2) is 0 Å². The van der Waals surface area contributed by atoms with Crippen LogP contribution >= 0.6 is 0 Å². The van der Waals surface area contributed by atoms with E-state index in [1.165, 1.54) is 6.42 Å². The fraction of sp³-hybridized carbons (Fsp3) is 0.583. The number of rotatable bonds is 3. The molecule has 1 aromatic rings. The summed E-state index contributed by atoms with van der Waals surface area (Å²) in [5.41, 5.74) is 13.9. The van der Waals surface area contributed by atoms with Gasteiger partial charge in [-0.2, -0.15) is 0 Å².